The average Bonchev–Trinajstić information content (AvgIpc) is 2.44. The van der Waals surface area contributed by atoms with E-state index in [0.29, 0.717) is 12.6 Å². The van der Waals surface area contributed by atoms with Gasteiger partial charge < -0.3 is 14.8 Å². The quantitative estimate of drug-likeness (QED) is 0.861. The van der Waals surface area contributed by atoms with Gasteiger partial charge in [0.1, 0.15) is 17.6 Å². The summed E-state index contributed by atoms with van der Waals surface area (Å²) in [4.78, 5) is 0. The molecule has 20 heavy (non-hydrogen) atoms. The highest BCUT2D eigenvalue weighted by Crippen LogP contribution is 2.28. The Bertz CT molecular complexity index is 390. The fourth-order valence-corrected chi connectivity index (χ4v) is 2.91. The summed E-state index contributed by atoms with van der Waals surface area (Å²) in [5, 5.41) is 3.56. The highest BCUT2D eigenvalue weighted by molar-refractivity contribution is 5.31. The van der Waals surface area contributed by atoms with Gasteiger partial charge in [-0.3, -0.25) is 0 Å². The third kappa shape index (κ3) is 4.14. The van der Waals surface area contributed by atoms with E-state index in [4.69, 9.17) is 9.47 Å². The molecule has 112 valence electrons. The molecule has 0 bridgehead atoms. The molecule has 0 radical (unpaired) electrons. The minimum atomic E-state index is 0.275. The minimum Gasteiger partial charge on any atom is -0.494 e. The molecule has 2 rings (SSSR count). The van der Waals surface area contributed by atoms with Crippen molar-refractivity contribution in [1.29, 1.82) is 0 Å². The molecule has 1 aromatic rings. The lowest BCUT2D eigenvalue weighted by Crippen LogP contribution is -2.46. The highest BCUT2D eigenvalue weighted by atomic mass is 16.5. The van der Waals surface area contributed by atoms with Crippen LogP contribution in [0.3, 0.4) is 0 Å². The molecule has 0 aromatic heterocycles. The summed E-state index contributed by atoms with van der Waals surface area (Å²) in [5.41, 5.74) is 0. The van der Waals surface area contributed by atoms with Crippen LogP contribution in [0.5, 0.6) is 11.5 Å². The fraction of sp³-hybridized carbons (Fsp3) is 0.647. The van der Waals surface area contributed by atoms with Crippen LogP contribution in [-0.4, -0.2) is 25.3 Å². The lowest BCUT2D eigenvalue weighted by molar-refractivity contribution is 0.0915. The lowest BCUT2D eigenvalue weighted by Gasteiger charge is -2.35. The molecular formula is C17H27NO2. The molecule has 1 aliphatic carbocycles. The van der Waals surface area contributed by atoms with Crippen molar-refractivity contribution in [2.45, 2.75) is 52.2 Å². The van der Waals surface area contributed by atoms with Crippen molar-refractivity contribution in [1.82, 2.24) is 5.32 Å². The maximum atomic E-state index is 6.21. The number of benzene rings is 1. The number of ether oxygens (including phenoxy) is 2. The molecular weight excluding hydrogens is 250 g/mol. The monoisotopic (exact) mass is 277 g/mol. The predicted molar refractivity (Wildman–Crippen MR) is 82.5 cm³/mol. The van der Waals surface area contributed by atoms with Crippen LogP contribution in [0.4, 0.5) is 0 Å². The zero-order chi connectivity index (χ0) is 14.4. The van der Waals surface area contributed by atoms with Crippen LogP contribution >= 0.6 is 0 Å². The van der Waals surface area contributed by atoms with E-state index < -0.39 is 0 Å². The number of hydrogen-bond acceptors (Lipinski definition) is 3. The number of rotatable bonds is 6. The van der Waals surface area contributed by atoms with Crippen LogP contribution in [-0.2, 0) is 0 Å². The van der Waals surface area contributed by atoms with Gasteiger partial charge >= 0.3 is 0 Å². The van der Waals surface area contributed by atoms with E-state index in [1.54, 1.807) is 0 Å². The summed E-state index contributed by atoms with van der Waals surface area (Å²) in [5.74, 6) is 2.59. The first-order chi connectivity index (χ1) is 9.72. The van der Waals surface area contributed by atoms with E-state index >= 15 is 0 Å². The van der Waals surface area contributed by atoms with Gasteiger partial charge in [0.15, 0.2) is 0 Å². The number of nitrogens with one attached hydrogen (secondary N) is 1. The van der Waals surface area contributed by atoms with Gasteiger partial charge in [-0.1, -0.05) is 13.8 Å². The van der Waals surface area contributed by atoms with Gasteiger partial charge in [-0.2, -0.15) is 0 Å². The molecule has 1 fully saturated rings. The predicted octanol–water partition coefficient (Wildman–Crippen LogP) is 3.63. The second-order valence-corrected chi connectivity index (χ2v) is 5.64. The summed E-state index contributed by atoms with van der Waals surface area (Å²) >= 11 is 0. The van der Waals surface area contributed by atoms with Crippen LogP contribution in [0.2, 0.25) is 0 Å². The summed E-state index contributed by atoms with van der Waals surface area (Å²) in [6.45, 7) is 8.17. The van der Waals surface area contributed by atoms with Gasteiger partial charge in [0.2, 0.25) is 0 Å². The Morgan fingerprint density at radius 3 is 2.45 bits per heavy atom. The van der Waals surface area contributed by atoms with Gasteiger partial charge in [0.05, 0.1) is 6.61 Å². The first-order valence-corrected chi connectivity index (χ1v) is 7.85. The first kappa shape index (κ1) is 15.2. The number of hydrogen-bond donors (Lipinski definition) is 1. The highest BCUT2D eigenvalue weighted by Gasteiger charge is 2.29. The standard InChI is InChI=1S/C17H27NO2/c1-4-18-16-11-6-13(3)12-17(16)20-15-9-7-14(8-10-15)19-5-2/h7-10,13,16-18H,4-6,11-12H2,1-3H3. The molecule has 3 nitrogen and oxygen atoms in total. The SMILES string of the molecule is CCNC1CCC(C)CC1Oc1ccc(OCC)cc1. The Morgan fingerprint density at radius 1 is 1.10 bits per heavy atom. The van der Waals surface area contributed by atoms with Crippen LogP contribution in [0.15, 0.2) is 24.3 Å². The molecule has 3 unspecified atom stereocenters. The van der Waals surface area contributed by atoms with Gasteiger partial charge in [-0.15, -0.1) is 0 Å². The Kier molecular flexibility index (Phi) is 5.72. The second-order valence-electron chi connectivity index (χ2n) is 5.64. The van der Waals surface area contributed by atoms with E-state index in [0.717, 1.165) is 30.4 Å². The maximum absolute atomic E-state index is 6.21. The van der Waals surface area contributed by atoms with Crippen molar-refractivity contribution in [2.75, 3.05) is 13.2 Å². The summed E-state index contributed by atoms with van der Waals surface area (Å²) < 4.78 is 11.7. The molecule has 1 saturated carbocycles. The zero-order valence-electron chi connectivity index (χ0n) is 12.9. The molecule has 1 N–H and O–H groups in total. The summed E-state index contributed by atoms with van der Waals surface area (Å²) in [6.07, 6.45) is 3.90. The van der Waals surface area contributed by atoms with Crippen molar-refractivity contribution in [3.05, 3.63) is 24.3 Å². The van der Waals surface area contributed by atoms with E-state index in [1.165, 1.54) is 12.8 Å². The molecule has 1 aliphatic rings. The molecule has 0 heterocycles. The van der Waals surface area contributed by atoms with Crippen molar-refractivity contribution < 1.29 is 9.47 Å². The Hall–Kier alpha value is -1.22. The topological polar surface area (TPSA) is 30.5 Å². The van der Waals surface area contributed by atoms with Crippen molar-refractivity contribution >= 4 is 0 Å². The second kappa shape index (κ2) is 7.53. The van der Waals surface area contributed by atoms with Crippen molar-refractivity contribution in [2.24, 2.45) is 5.92 Å². The van der Waals surface area contributed by atoms with E-state index in [2.05, 4.69) is 19.2 Å². The summed E-state index contributed by atoms with van der Waals surface area (Å²) in [7, 11) is 0. The first-order valence-electron chi connectivity index (χ1n) is 7.85. The van der Waals surface area contributed by atoms with Crippen molar-refractivity contribution in [3.8, 4) is 11.5 Å². The van der Waals surface area contributed by atoms with E-state index in [-0.39, 0.29) is 6.10 Å². The fourth-order valence-electron chi connectivity index (χ4n) is 2.91. The minimum absolute atomic E-state index is 0.275. The van der Waals surface area contributed by atoms with E-state index in [1.807, 2.05) is 31.2 Å². The normalized spacial score (nSPS) is 26.2. The molecule has 0 amide bonds. The van der Waals surface area contributed by atoms with Gasteiger partial charge in [-0.25, -0.2) is 0 Å². The van der Waals surface area contributed by atoms with Crippen LogP contribution in [0, 0.1) is 5.92 Å². The van der Waals surface area contributed by atoms with E-state index in [9.17, 15) is 0 Å². The van der Waals surface area contributed by atoms with Gasteiger partial charge in [0.25, 0.3) is 0 Å². The molecule has 0 spiro atoms. The summed E-state index contributed by atoms with van der Waals surface area (Å²) in [6, 6.07) is 8.45. The molecule has 3 atom stereocenters. The molecule has 0 aliphatic heterocycles. The zero-order valence-corrected chi connectivity index (χ0v) is 12.9. The average molecular weight is 277 g/mol. The van der Waals surface area contributed by atoms with Crippen LogP contribution in [0.1, 0.15) is 40.0 Å². The maximum Gasteiger partial charge on any atom is 0.120 e. The van der Waals surface area contributed by atoms with Crippen LogP contribution < -0.4 is 14.8 Å². The Balaban J connectivity index is 1.98. The largest absolute Gasteiger partial charge is 0.494 e. The third-order valence-electron chi connectivity index (χ3n) is 3.94. The van der Waals surface area contributed by atoms with Gasteiger partial charge in [0, 0.05) is 6.04 Å². The molecule has 1 aromatic carbocycles. The Labute approximate surface area is 122 Å². The number of likely N-dealkylation sites (N-methyl/N-ethyl adjacent to an activating group) is 1. The van der Waals surface area contributed by atoms with Crippen LogP contribution in [0.25, 0.3) is 0 Å². The Morgan fingerprint density at radius 2 is 1.80 bits per heavy atom. The van der Waals surface area contributed by atoms with Crippen molar-refractivity contribution in [3.63, 3.8) is 0 Å². The lowest BCUT2D eigenvalue weighted by atomic mass is 9.85. The third-order valence-corrected chi connectivity index (χ3v) is 3.94. The molecule has 0 saturated heterocycles. The van der Waals surface area contributed by atoms with Gasteiger partial charge in [-0.05, 0) is 62.9 Å². The smallest absolute Gasteiger partial charge is 0.120 e. The molecule has 3 heteroatoms.